The van der Waals surface area contributed by atoms with E-state index in [0.717, 1.165) is 19.3 Å². The number of nitrogen functional groups attached to an aromatic ring is 2. The van der Waals surface area contributed by atoms with Crippen molar-refractivity contribution in [2.24, 2.45) is 5.73 Å². The Morgan fingerprint density at radius 2 is 2.05 bits per heavy atom. The van der Waals surface area contributed by atoms with Crippen molar-refractivity contribution in [2.75, 3.05) is 18.0 Å². The number of nitrogens with one attached hydrogen (secondary N) is 1. The third-order valence-corrected chi connectivity index (χ3v) is 2.85. The lowest BCUT2D eigenvalue weighted by atomic mass is 10.1. The third-order valence-electron chi connectivity index (χ3n) is 2.57. The minimum absolute atomic E-state index is 0.00429. The van der Waals surface area contributed by atoms with Gasteiger partial charge in [-0.1, -0.05) is 31.4 Å². The molecule has 7 nitrogen and oxygen atoms in total. The number of rotatable bonds is 6. The number of unbranched alkanes of at least 4 members (excludes halogenated alkanes) is 1. The predicted molar refractivity (Wildman–Crippen MR) is 75.7 cm³/mol. The first-order valence-electron chi connectivity index (χ1n) is 6.08. The molecule has 0 aliphatic heterocycles. The number of nitrogens with zero attached hydrogens (tertiary/aromatic N) is 2. The number of carbonyl (C=O) groups is 1. The normalized spacial score (nSPS) is 12.2. The lowest BCUT2D eigenvalue weighted by molar-refractivity contribution is 0.0946. The van der Waals surface area contributed by atoms with Gasteiger partial charge >= 0.3 is 0 Å². The lowest BCUT2D eigenvalue weighted by Crippen LogP contribution is -2.37. The molecular weight excluding hydrogens is 268 g/mol. The number of carbonyl (C=O) groups excluding carboxylic acids is 1. The van der Waals surface area contributed by atoms with Crippen molar-refractivity contribution < 1.29 is 4.79 Å². The molecule has 1 rings (SSSR count). The molecule has 0 aliphatic rings. The fraction of sp³-hybridized carbons (Fsp3) is 0.545. The molecule has 106 valence electrons. The van der Waals surface area contributed by atoms with E-state index in [1.54, 1.807) is 0 Å². The highest BCUT2D eigenvalue weighted by Gasteiger charge is 2.16. The van der Waals surface area contributed by atoms with Gasteiger partial charge in [0.1, 0.15) is 0 Å². The average Bonchev–Trinajstić information content (AvgIpc) is 2.37. The summed E-state index contributed by atoms with van der Waals surface area (Å²) in [7, 11) is 0. The molecular formula is C11H19ClN6O. The summed E-state index contributed by atoms with van der Waals surface area (Å²) in [6.07, 6.45) is 2.93. The van der Waals surface area contributed by atoms with E-state index in [9.17, 15) is 4.79 Å². The second-order valence-electron chi connectivity index (χ2n) is 4.25. The molecule has 0 saturated carbocycles. The molecule has 0 fully saturated rings. The lowest BCUT2D eigenvalue weighted by Gasteiger charge is -2.12. The van der Waals surface area contributed by atoms with Gasteiger partial charge in [0.15, 0.2) is 22.5 Å². The van der Waals surface area contributed by atoms with Crippen LogP contribution in [0.1, 0.15) is 36.7 Å². The first kappa shape index (κ1) is 15.5. The third kappa shape index (κ3) is 4.53. The number of amides is 1. The standard InChI is InChI=1S/C11H19ClN6O/c1-2-3-4-6(13)5-16-11(19)7-9(14)18-10(15)8(12)17-7/h6H,2-5,13H2,1H3,(H,16,19)(H4,14,15,18)/t6-/m0/s1. The number of hydrogen-bond donors (Lipinski definition) is 4. The van der Waals surface area contributed by atoms with Gasteiger partial charge in [-0.15, -0.1) is 0 Å². The molecule has 0 radical (unpaired) electrons. The summed E-state index contributed by atoms with van der Waals surface area (Å²) in [5.41, 5.74) is 16.8. The van der Waals surface area contributed by atoms with E-state index in [4.69, 9.17) is 28.8 Å². The van der Waals surface area contributed by atoms with Crippen molar-refractivity contribution >= 4 is 29.1 Å². The van der Waals surface area contributed by atoms with Gasteiger partial charge < -0.3 is 22.5 Å². The van der Waals surface area contributed by atoms with E-state index in [1.165, 1.54) is 0 Å². The van der Waals surface area contributed by atoms with Crippen molar-refractivity contribution in [3.05, 3.63) is 10.8 Å². The fourth-order valence-electron chi connectivity index (χ4n) is 1.48. The summed E-state index contributed by atoms with van der Waals surface area (Å²) in [5.74, 6) is -0.518. The van der Waals surface area contributed by atoms with Gasteiger partial charge in [0.2, 0.25) is 0 Å². The Kier molecular flexibility index (Phi) is 5.78. The van der Waals surface area contributed by atoms with Crippen LogP contribution in [0.15, 0.2) is 0 Å². The number of halogens is 1. The van der Waals surface area contributed by atoms with Crippen LogP contribution in [-0.4, -0.2) is 28.5 Å². The highest BCUT2D eigenvalue weighted by molar-refractivity contribution is 6.31. The molecule has 0 aliphatic carbocycles. The first-order chi connectivity index (χ1) is 8.95. The number of anilines is 2. The van der Waals surface area contributed by atoms with Crippen LogP contribution < -0.4 is 22.5 Å². The smallest absolute Gasteiger partial charge is 0.273 e. The largest absolute Gasteiger partial charge is 0.382 e. The fourth-order valence-corrected chi connectivity index (χ4v) is 1.61. The summed E-state index contributed by atoms with van der Waals surface area (Å²) in [6, 6.07) is -0.0951. The van der Waals surface area contributed by atoms with Crippen LogP contribution >= 0.6 is 11.6 Å². The first-order valence-corrected chi connectivity index (χ1v) is 6.45. The Morgan fingerprint density at radius 1 is 1.37 bits per heavy atom. The Hall–Kier alpha value is -1.60. The zero-order chi connectivity index (χ0) is 14.4. The molecule has 1 aromatic rings. The second-order valence-corrected chi connectivity index (χ2v) is 4.60. The summed E-state index contributed by atoms with van der Waals surface area (Å²) in [4.78, 5) is 19.4. The van der Waals surface area contributed by atoms with E-state index in [1.807, 2.05) is 0 Å². The van der Waals surface area contributed by atoms with Crippen molar-refractivity contribution in [1.29, 1.82) is 0 Å². The molecule has 8 heteroatoms. The molecule has 0 aromatic carbocycles. The van der Waals surface area contributed by atoms with Crippen molar-refractivity contribution in [3.63, 3.8) is 0 Å². The molecule has 1 aromatic heterocycles. The van der Waals surface area contributed by atoms with E-state index in [-0.39, 0.29) is 28.5 Å². The van der Waals surface area contributed by atoms with E-state index < -0.39 is 5.91 Å². The summed E-state index contributed by atoms with van der Waals surface area (Å²) in [5, 5.41) is 2.60. The summed E-state index contributed by atoms with van der Waals surface area (Å²) < 4.78 is 0. The van der Waals surface area contributed by atoms with Crippen molar-refractivity contribution in [3.8, 4) is 0 Å². The maximum atomic E-state index is 11.9. The quantitative estimate of drug-likeness (QED) is 0.603. The molecule has 0 bridgehead atoms. The van der Waals surface area contributed by atoms with Gasteiger partial charge in [-0.05, 0) is 6.42 Å². The molecule has 7 N–H and O–H groups in total. The second kappa shape index (κ2) is 7.10. The summed E-state index contributed by atoms with van der Waals surface area (Å²) in [6.45, 7) is 2.43. The SMILES string of the molecule is CCCC[C@H](N)CNC(=O)c1nc(Cl)c(N)nc1N. The highest BCUT2D eigenvalue weighted by atomic mass is 35.5. The number of nitrogens with two attached hydrogens (primary N) is 3. The van der Waals surface area contributed by atoms with E-state index in [2.05, 4.69) is 22.2 Å². The molecule has 0 unspecified atom stereocenters. The van der Waals surface area contributed by atoms with E-state index >= 15 is 0 Å². The van der Waals surface area contributed by atoms with Crippen LogP contribution in [-0.2, 0) is 0 Å². The van der Waals surface area contributed by atoms with Crippen LogP contribution in [0.3, 0.4) is 0 Å². The van der Waals surface area contributed by atoms with Gasteiger partial charge in [0.05, 0.1) is 0 Å². The van der Waals surface area contributed by atoms with Crippen LogP contribution in [0.2, 0.25) is 5.15 Å². The number of aromatic nitrogens is 2. The highest BCUT2D eigenvalue weighted by Crippen LogP contribution is 2.17. The Labute approximate surface area is 116 Å². The summed E-state index contributed by atoms with van der Waals surface area (Å²) >= 11 is 5.70. The van der Waals surface area contributed by atoms with Gasteiger partial charge in [0.25, 0.3) is 5.91 Å². The molecule has 1 atom stereocenters. The molecule has 1 heterocycles. The van der Waals surface area contributed by atoms with Crippen LogP contribution in [0.25, 0.3) is 0 Å². The maximum absolute atomic E-state index is 11.9. The number of hydrogen-bond acceptors (Lipinski definition) is 6. The van der Waals surface area contributed by atoms with Gasteiger partial charge in [-0.25, -0.2) is 9.97 Å². The topological polar surface area (TPSA) is 133 Å². The minimum Gasteiger partial charge on any atom is -0.382 e. The molecule has 0 saturated heterocycles. The van der Waals surface area contributed by atoms with Crippen molar-refractivity contribution in [1.82, 2.24) is 15.3 Å². The van der Waals surface area contributed by atoms with Gasteiger partial charge in [0, 0.05) is 12.6 Å². The van der Waals surface area contributed by atoms with Crippen LogP contribution in [0.5, 0.6) is 0 Å². The molecule has 1 amide bonds. The Bertz CT molecular complexity index is 453. The zero-order valence-corrected chi connectivity index (χ0v) is 11.6. The average molecular weight is 287 g/mol. The maximum Gasteiger partial charge on any atom is 0.273 e. The van der Waals surface area contributed by atoms with E-state index in [0.29, 0.717) is 6.54 Å². The van der Waals surface area contributed by atoms with Crippen molar-refractivity contribution in [2.45, 2.75) is 32.2 Å². The zero-order valence-electron chi connectivity index (χ0n) is 10.8. The molecule has 19 heavy (non-hydrogen) atoms. The van der Waals surface area contributed by atoms with Crippen LogP contribution in [0, 0.1) is 0 Å². The minimum atomic E-state index is -0.459. The van der Waals surface area contributed by atoms with Crippen LogP contribution in [0.4, 0.5) is 11.6 Å². The Balaban J connectivity index is 2.61. The predicted octanol–water partition coefficient (Wildman–Crippen LogP) is 0.542. The monoisotopic (exact) mass is 286 g/mol. The van der Waals surface area contributed by atoms with Gasteiger partial charge in [-0.3, -0.25) is 4.79 Å². The molecule has 0 spiro atoms. The van der Waals surface area contributed by atoms with Gasteiger partial charge in [-0.2, -0.15) is 0 Å². The Morgan fingerprint density at radius 3 is 2.68 bits per heavy atom.